The van der Waals surface area contributed by atoms with Gasteiger partial charge in [0.15, 0.2) is 0 Å². The standard InChI is InChI=1S/C17H16N2O2S2/c1-12-19-14(10-22-12)11-23-16-6-4-13(5-7-16)17(20)18-9-15-3-2-8-21-15/h2-8,10H,9,11H2,1H3,(H,18,20). The van der Waals surface area contributed by atoms with Crippen LogP contribution in [0.1, 0.15) is 26.8 Å². The van der Waals surface area contributed by atoms with Gasteiger partial charge in [0.2, 0.25) is 0 Å². The van der Waals surface area contributed by atoms with Crippen LogP contribution in [-0.2, 0) is 12.3 Å². The van der Waals surface area contributed by atoms with Gasteiger partial charge in [-0.25, -0.2) is 4.98 Å². The van der Waals surface area contributed by atoms with Crippen molar-refractivity contribution < 1.29 is 9.21 Å². The molecule has 0 spiro atoms. The van der Waals surface area contributed by atoms with Crippen molar-refractivity contribution in [2.24, 2.45) is 0 Å². The fraction of sp³-hybridized carbons (Fsp3) is 0.176. The fourth-order valence-electron chi connectivity index (χ4n) is 2.02. The molecule has 0 atom stereocenters. The lowest BCUT2D eigenvalue weighted by molar-refractivity contribution is 0.0948. The van der Waals surface area contributed by atoms with E-state index in [0.717, 1.165) is 27.1 Å². The van der Waals surface area contributed by atoms with Gasteiger partial charge in [0.05, 0.1) is 23.5 Å². The molecule has 0 bridgehead atoms. The molecule has 0 aliphatic rings. The molecule has 3 rings (SSSR count). The highest BCUT2D eigenvalue weighted by Gasteiger charge is 2.07. The first-order valence-corrected chi connectivity index (χ1v) is 9.02. The molecule has 2 heterocycles. The van der Waals surface area contributed by atoms with Crippen LogP contribution in [0.4, 0.5) is 0 Å². The van der Waals surface area contributed by atoms with Crippen LogP contribution < -0.4 is 5.32 Å². The van der Waals surface area contributed by atoms with E-state index in [0.29, 0.717) is 12.1 Å². The smallest absolute Gasteiger partial charge is 0.251 e. The van der Waals surface area contributed by atoms with Gasteiger partial charge in [-0.3, -0.25) is 4.79 Å². The molecule has 3 aromatic rings. The Labute approximate surface area is 142 Å². The summed E-state index contributed by atoms with van der Waals surface area (Å²) in [6.07, 6.45) is 1.59. The van der Waals surface area contributed by atoms with Gasteiger partial charge < -0.3 is 9.73 Å². The second kappa shape index (κ2) is 7.48. The van der Waals surface area contributed by atoms with E-state index in [-0.39, 0.29) is 5.91 Å². The summed E-state index contributed by atoms with van der Waals surface area (Å²) in [5, 5.41) is 6.00. The molecule has 0 aliphatic carbocycles. The van der Waals surface area contributed by atoms with Gasteiger partial charge in [0.1, 0.15) is 5.76 Å². The van der Waals surface area contributed by atoms with Crippen LogP contribution in [0.5, 0.6) is 0 Å². The van der Waals surface area contributed by atoms with Crippen LogP contribution in [0.3, 0.4) is 0 Å². The molecule has 0 aliphatic heterocycles. The number of amides is 1. The van der Waals surface area contributed by atoms with E-state index >= 15 is 0 Å². The average molecular weight is 344 g/mol. The fourth-order valence-corrected chi connectivity index (χ4v) is 3.53. The lowest BCUT2D eigenvalue weighted by Gasteiger charge is -2.05. The number of hydrogen-bond acceptors (Lipinski definition) is 5. The molecule has 0 radical (unpaired) electrons. The molecule has 0 saturated carbocycles. The summed E-state index contributed by atoms with van der Waals surface area (Å²) in [5.74, 6) is 1.48. The lowest BCUT2D eigenvalue weighted by Crippen LogP contribution is -2.22. The Balaban J connectivity index is 1.52. The van der Waals surface area contributed by atoms with Crippen molar-refractivity contribution >= 4 is 29.0 Å². The monoisotopic (exact) mass is 344 g/mol. The minimum atomic E-state index is -0.104. The lowest BCUT2D eigenvalue weighted by atomic mass is 10.2. The summed E-state index contributed by atoms with van der Waals surface area (Å²) in [4.78, 5) is 17.6. The number of thioether (sulfide) groups is 1. The topological polar surface area (TPSA) is 55.1 Å². The number of furan rings is 1. The predicted molar refractivity (Wildman–Crippen MR) is 92.7 cm³/mol. The number of hydrogen-bond donors (Lipinski definition) is 1. The zero-order valence-corrected chi connectivity index (χ0v) is 14.2. The number of carbonyl (C=O) groups excluding carboxylic acids is 1. The number of rotatable bonds is 6. The minimum absolute atomic E-state index is 0.104. The Morgan fingerprint density at radius 2 is 2.13 bits per heavy atom. The van der Waals surface area contributed by atoms with Crippen LogP contribution in [0.15, 0.2) is 57.4 Å². The number of benzene rings is 1. The summed E-state index contributed by atoms with van der Waals surface area (Å²) < 4.78 is 5.19. The second-order valence-electron chi connectivity index (χ2n) is 4.93. The van der Waals surface area contributed by atoms with Crippen LogP contribution in [0.25, 0.3) is 0 Å². The number of nitrogens with zero attached hydrogens (tertiary/aromatic N) is 1. The van der Waals surface area contributed by atoms with Crippen LogP contribution in [0, 0.1) is 6.92 Å². The van der Waals surface area contributed by atoms with Crippen molar-refractivity contribution in [1.29, 1.82) is 0 Å². The predicted octanol–water partition coefficient (Wildman–Crippen LogP) is 4.27. The van der Waals surface area contributed by atoms with E-state index < -0.39 is 0 Å². The quantitative estimate of drug-likeness (QED) is 0.679. The molecule has 0 unspecified atom stereocenters. The number of carbonyl (C=O) groups is 1. The summed E-state index contributed by atoms with van der Waals surface area (Å²) in [6, 6.07) is 11.2. The molecular weight excluding hydrogens is 328 g/mol. The van der Waals surface area contributed by atoms with Crippen molar-refractivity contribution in [3.05, 3.63) is 70.1 Å². The minimum Gasteiger partial charge on any atom is -0.467 e. The maximum Gasteiger partial charge on any atom is 0.251 e. The highest BCUT2D eigenvalue weighted by Crippen LogP contribution is 2.23. The van der Waals surface area contributed by atoms with Gasteiger partial charge in [-0.1, -0.05) is 0 Å². The van der Waals surface area contributed by atoms with Crippen molar-refractivity contribution in [2.45, 2.75) is 24.1 Å². The Hall–Kier alpha value is -2.05. The van der Waals surface area contributed by atoms with Crippen LogP contribution in [-0.4, -0.2) is 10.9 Å². The number of aryl methyl sites for hydroxylation is 1. The van der Waals surface area contributed by atoms with E-state index in [1.807, 2.05) is 37.3 Å². The summed E-state index contributed by atoms with van der Waals surface area (Å²) in [6.45, 7) is 2.40. The molecular formula is C17H16N2O2S2. The summed E-state index contributed by atoms with van der Waals surface area (Å²) in [7, 11) is 0. The van der Waals surface area contributed by atoms with Crippen molar-refractivity contribution in [3.8, 4) is 0 Å². The highest BCUT2D eigenvalue weighted by atomic mass is 32.2. The third-order valence-corrected chi connectivity index (χ3v) is 5.04. The molecule has 4 nitrogen and oxygen atoms in total. The van der Waals surface area contributed by atoms with Gasteiger partial charge in [-0.15, -0.1) is 23.1 Å². The Morgan fingerprint density at radius 1 is 1.30 bits per heavy atom. The molecule has 1 N–H and O–H groups in total. The average Bonchev–Trinajstić information content (AvgIpc) is 3.22. The molecule has 1 amide bonds. The van der Waals surface area contributed by atoms with Crippen molar-refractivity contribution in [1.82, 2.24) is 10.3 Å². The summed E-state index contributed by atoms with van der Waals surface area (Å²) in [5.41, 5.74) is 1.74. The zero-order valence-electron chi connectivity index (χ0n) is 12.6. The third kappa shape index (κ3) is 4.46. The van der Waals surface area contributed by atoms with E-state index in [4.69, 9.17) is 4.42 Å². The van der Waals surface area contributed by atoms with Gasteiger partial charge >= 0.3 is 0 Å². The Kier molecular flexibility index (Phi) is 5.15. The first-order valence-electron chi connectivity index (χ1n) is 7.15. The third-order valence-electron chi connectivity index (χ3n) is 3.17. The second-order valence-corrected chi connectivity index (χ2v) is 7.04. The van der Waals surface area contributed by atoms with E-state index in [1.54, 1.807) is 35.4 Å². The van der Waals surface area contributed by atoms with Gasteiger partial charge in [0.25, 0.3) is 5.91 Å². The van der Waals surface area contributed by atoms with Gasteiger partial charge in [-0.05, 0) is 43.3 Å². The molecule has 23 heavy (non-hydrogen) atoms. The first kappa shape index (κ1) is 15.8. The van der Waals surface area contributed by atoms with Crippen LogP contribution in [0.2, 0.25) is 0 Å². The maximum atomic E-state index is 12.1. The number of aromatic nitrogens is 1. The first-order chi connectivity index (χ1) is 11.2. The molecule has 6 heteroatoms. The zero-order chi connectivity index (χ0) is 16.1. The Bertz CT molecular complexity index is 764. The number of nitrogens with one attached hydrogen (secondary N) is 1. The van der Waals surface area contributed by atoms with Crippen molar-refractivity contribution in [2.75, 3.05) is 0 Å². The normalized spacial score (nSPS) is 10.7. The highest BCUT2D eigenvalue weighted by molar-refractivity contribution is 7.98. The maximum absolute atomic E-state index is 12.1. The molecule has 118 valence electrons. The summed E-state index contributed by atoms with van der Waals surface area (Å²) >= 11 is 3.38. The van der Waals surface area contributed by atoms with E-state index in [1.165, 1.54) is 0 Å². The van der Waals surface area contributed by atoms with Gasteiger partial charge in [0, 0.05) is 21.6 Å². The SMILES string of the molecule is Cc1nc(CSc2ccc(C(=O)NCc3ccco3)cc2)cs1. The largest absolute Gasteiger partial charge is 0.467 e. The molecule has 0 fully saturated rings. The van der Waals surface area contributed by atoms with Gasteiger partial charge in [-0.2, -0.15) is 0 Å². The molecule has 2 aromatic heterocycles. The molecule has 1 aromatic carbocycles. The van der Waals surface area contributed by atoms with E-state index in [9.17, 15) is 4.79 Å². The number of thiazole rings is 1. The molecule has 0 saturated heterocycles. The Morgan fingerprint density at radius 3 is 2.78 bits per heavy atom. The van der Waals surface area contributed by atoms with E-state index in [2.05, 4.69) is 15.7 Å². The van der Waals surface area contributed by atoms with Crippen molar-refractivity contribution in [3.63, 3.8) is 0 Å². The van der Waals surface area contributed by atoms with Crippen LogP contribution >= 0.6 is 23.1 Å².